The van der Waals surface area contributed by atoms with E-state index in [1.807, 2.05) is 0 Å². The third-order valence-corrected chi connectivity index (χ3v) is 11.3. The van der Waals surface area contributed by atoms with E-state index in [0.29, 0.717) is 19.3 Å². The van der Waals surface area contributed by atoms with Gasteiger partial charge in [-0.2, -0.15) is 0 Å². The van der Waals surface area contributed by atoms with Gasteiger partial charge in [-0.3, -0.25) is 14.4 Å². The molecule has 6 heteroatoms. The average Bonchev–Trinajstić information content (AvgIpc) is 3.17. The fraction of sp³-hybridized carbons (Fsp3) is 0.939. The van der Waals surface area contributed by atoms with Crippen LogP contribution >= 0.6 is 0 Å². The lowest BCUT2D eigenvalue weighted by molar-refractivity contribution is -0.167. The molecule has 0 radical (unpaired) electrons. The summed E-state index contributed by atoms with van der Waals surface area (Å²) in [5.74, 6) is 0.802. The zero-order valence-corrected chi connectivity index (χ0v) is 37.6. The summed E-state index contributed by atoms with van der Waals surface area (Å²) in [5.41, 5.74) is 0. The highest BCUT2D eigenvalue weighted by Gasteiger charge is 2.19. The molecule has 0 aliphatic heterocycles. The molecule has 0 aliphatic rings. The highest BCUT2D eigenvalue weighted by molar-refractivity contribution is 5.71. The zero-order valence-electron chi connectivity index (χ0n) is 37.6. The van der Waals surface area contributed by atoms with Gasteiger partial charge in [0.1, 0.15) is 13.2 Å². The van der Waals surface area contributed by atoms with E-state index >= 15 is 0 Å². The summed E-state index contributed by atoms with van der Waals surface area (Å²) >= 11 is 0. The van der Waals surface area contributed by atoms with Crippen LogP contribution in [0.15, 0.2) is 0 Å². The monoisotopic (exact) mass is 779 g/mol. The minimum absolute atomic E-state index is 0.0649. The van der Waals surface area contributed by atoms with Crippen LogP contribution in [0.1, 0.15) is 266 Å². The standard InChI is InChI=1S/C49H94O6/c1-6-8-9-10-11-12-13-14-15-18-26-31-36-41-49(52)55-46(42-53-47(50)39-34-29-24-19-16-17-22-27-32-37-44(3)4)43-54-48(51)40-35-30-25-21-20-23-28-33-38-45(5)7-2/h44-46H,6-43H2,1-5H3/t45?,46-/m0/s1. The topological polar surface area (TPSA) is 78.9 Å². The highest BCUT2D eigenvalue weighted by atomic mass is 16.6. The molecule has 2 atom stereocenters. The molecule has 0 saturated carbocycles. The molecule has 0 aliphatic carbocycles. The maximum atomic E-state index is 12.7. The molecule has 1 unspecified atom stereocenters. The second kappa shape index (κ2) is 42.0. The van der Waals surface area contributed by atoms with Crippen LogP contribution in [0.25, 0.3) is 0 Å². The molecule has 0 fully saturated rings. The number of hydrogen-bond donors (Lipinski definition) is 0. The van der Waals surface area contributed by atoms with Crippen molar-refractivity contribution in [3.8, 4) is 0 Å². The van der Waals surface area contributed by atoms with Gasteiger partial charge in [0, 0.05) is 19.3 Å². The fourth-order valence-electron chi connectivity index (χ4n) is 7.25. The number of esters is 3. The second-order valence-electron chi connectivity index (χ2n) is 17.5. The second-order valence-corrected chi connectivity index (χ2v) is 17.5. The normalized spacial score (nSPS) is 12.5. The number of rotatable bonds is 43. The van der Waals surface area contributed by atoms with E-state index in [2.05, 4.69) is 34.6 Å². The SMILES string of the molecule is CCCCCCCCCCCCCCCC(=O)O[C@@H](COC(=O)CCCCCCCCCCCC(C)C)COC(=O)CCCCCCCCCCC(C)CC. The van der Waals surface area contributed by atoms with E-state index in [1.165, 1.54) is 154 Å². The lowest BCUT2D eigenvalue weighted by atomic mass is 9.99. The Morgan fingerprint density at radius 3 is 1.04 bits per heavy atom. The molecular weight excluding hydrogens is 685 g/mol. The van der Waals surface area contributed by atoms with Gasteiger partial charge in [0.05, 0.1) is 0 Å². The Bertz CT molecular complexity index is 841. The first-order valence-electron chi connectivity index (χ1n) is 24.3. The lowest BCUT2D eigenvalue weighted by Gasteiger charge is -2.18. The fourth-order valence-corrected chi connectivity index (χ4v) is 7.25. The van der Waals surface area contributed by atoms with E-state index in [-0.39, 0.29) is 31.1 Å². The van der Waals surface area contributed by atoms with Crippen LogP contribution in [-0.4, -0.2) is 37.2 Å². The van der Waals surface area contributed by atoms with E-state index in [1.54, 1.807) is 0 Å². The minimum Gasteiger partial charge on any atom is -0.462 e. The molecule has 0 amide bonds. The van der Waals surface area contributed by atoms with Gasteiger partial charge in [-0.15, -0.1) is 0 Å². The number of unbranched alkanes of at least 4 members (excludes halogenated alkanes) is 27. The van der Waals surface area contributed by atoms with E-state index in [9.17, 15) is 14.4 Å². The van der Waals surface area contributed by atoms with Crippen molar-refractivity contribution in [2.45, 2.75) is 272 Å². The lowest BCUT2D eigenvalue weighted by Crippen LogP contribution is -2.30. The van der Waals surface area contributed by atoms with Gasteiger partial charge in [-0.1, -0.05) is 227 Å². The predicted octanol–water partition coefficient (Wildman–Crippen LogP) is 15.4. The molecule has 326 valence electrons. The maximum Gasteiger partial charge on any atom is 0.306 e. The molecule has 0 aromatic carbocycles. The van der Waals surface area contributed by atoms with Crippen LogP contribution in [0.4, 0.5) is 0 Å². The van der Waals surface area contributed by atoms with Gasteiger partial charge >= 0.3 is 17.9 Å². The molecule has 0 spiro atoms. The van der Waals surface area contributed by atoms with Crippen molar-refractivity contribution in [2.75, 3.05) is 13.2 Å². The van der Waals surface area contributed by atoms with Crippen LogP contribution in [0.3, 0.4) is 0 Å². The summed E-state index contributed by atoms with van der Waals surface area (Å²) in [6.07, 6.45) is 40.8. The Hall–Kier alpha value is -1.59. The summed E-state index contributed by atoms with van der Waals surface area (Å²) < 4.78 is 16.8. The van der Waals surface area contributed by atoms with E-state index in [0.717, 1.165) is 69.6 Å². The Labute approximate surface area is 342 Å². The quantitative estimate of drug-likeness (QED) is 0.0348. The van der Waals surface area contributed by atoms with Crippen molar-refractivity contribution >= 4 is 17.9 Å². The predicted molar refractivity (Wildman–Crippen MR) is 233 cm³/mol. The van der Waals surface area contributed by atoms with E-state index in [4.69, 9.17) is 14.2 Å². The summed E-state index contributed by atoms with van der Waals surface area (Å²) in [6, 6.07) is 0. The van der Waals surface area contributed by atoms with Gasteiger partial charge in [0.25, 0.3) is 0 Å². The molecule has 0 aromatic heterocycles. The first-order chi connectivity index (χ1) is 26.8. The van der Waals surface area contributed by atoms with Gasteiger partial charge in [-0.25, -0.2) is 0 Å². The van der Waals surface area contributed by atoms with Crippen LogP contribution in [0, 0.1) is 11.8 Å². The number of ether oxygens (including phenoxy) is 3. The van der Waals surface area contributed by atoms with Crippen molar-refractivity contribution in [1.29, 1.82) is 0 Å². The number of carbonyl (C=O) groups excluding carboxylic acids is 3. The maximum absolute atomic E-state index is 12.7. The Kier molecular flexibility index (Phi) is 40.8. The molecule has 0 saturated heterocycles. The summed E-state index contributed by atoms with van der Waals surface area (Å²) in [5, 5.41) is 0. The molecule has 6 nitrogen and oxygen atoms in total. The smallest absolute Gasteiger partial charge is 0.306 e. The summed E-state index contributed by atoms with van der Waals surface area (Å²) in [4.78, 5) is 37.8. The molecule has 0 rings (SSSR count). The molecule has 0 N–H and O–H groups in total. The number of hydrogen-bond acceptors (Lipinski definition) is 6. The Morgan fingerprint density at radius 2 is 0.691 bits per heavy atom. The van der Waals surface area contributed by atoms with Crippen LogP contribution in [0.2, 0.25) is 0 Å². The Balaban J connectivity index is 4.34. The van der Waals surface area contributed by atoms with Crippen molar-refractivity contribution < 1.29 is 28.6 Å². The van der Waals surface area contributed by atoms with Gasteiger partial charge < -0.3 is 14.2 Å². The average molecular weight is 779 g/mol. The van der Waals surface area contributed by atoms with Crippen molar-refractivity contribution in [3.05, 3.63) is 0 Å². The van der Waals surface area contributed by atoms with Gasteiger partial charge in [0.2, 0.25) is 0 Å². The van der Waals surface area contributed by atoms with Crippen LogP contribution in [0.5, 0.6) is 0 Å². The van der Waals surface area contributed by atoms with Gasteiger partial charge in [-0.05, 0) is 31.1 Å². The number of carbonyl (C=O) groups is 3. The Morgan fingerprint density at radius 1 is 0.382 bits per heavy atom. The first kappa shape index (κ1) is 53.4. The largest absolute Gasteiger partial charge is 0.462 e. The van der Waals surface area contributed by atoms with E-state index < -0.39 is 6.10 Å². The van der Waals surface area contributed by atoms with Gasteiger partial charge in [0.15, 0.2) is 6.10 Å². The molecular formula is C49H94O6. The molecule has 0 bridgehead atoms. The minimum atomic E-state index is -0.761. The van der Waals surface area contributed by atoms with Crippen LogP contribution in [-0.2, 0) is 28.6 Å². The van der Waals surface area contributed by atoms with Crippen molar-refractivity contribution in [1.82, 2.24) is 0 Å². The third kappa shape index (κ3) is 41.9. The van der Waals surface area contributed by atoms with Crippen LogP contribution < -0.4 is 0 Å². The zero-order chi connectivity index (χ0) is 40.5. The molecule has 0 aromatic rings. The van der Waals surface area contributed by atoms with Crippen molar-refractivity contribution in [3.63, 3.8) is 0 Å². The highest BCUT2D eigenvalue weighted by Crippen LogP contribution is 2.17. The molecule has 0 heterocycles. The summed E-state index contributed by atoms with van der Waals surface area (Å²) in [6.45, 7) is 11.3. The first-order valence-corrected chi connectivity index (χ1v) is 24.3. The van der Waals surface area contributed by atoms with Crippen molar-refractivity contribution in [2.24, 2.45) is 11.8 Å². The third-order valence-electron chi connectivity index (χ3n) is 11.3. The summed E-state index contributed by atoms with van der Waals surface area (Å²) in [7, 11) is 0. The molecule has 55 heavy (non-hydrogen) atoms.